The van der Waals surface area contributed by atoms with Gasteiger partial charge in [-0.3, -0.25) is 0 Å². The highest BCUT2D eigenvalue weighted by Gasteiger charge is 2.41. The Hall–Kier alpha value is -1.25. The first-order chi connectivity index (χ1) is 11.2. The molecule has 4 nitrogen and oxygen atoms in total. The van der Waals surface area contributed by atoms with Crippen molar-refractivity contribution in [3.05, 3.63) is 11.1 Å². The molecule has 1 amide bonds. The first-order valence-electron chi connectivity index (χ1n) is 9.00. The van der Waals surface area contributed by atoms with Crippen LogP contribution in [0.15, 0.2) is 11.1 Å². The van der Waals surface area contributed by atoms with Crippen LogP contribution >= 0.6 is 0 Å². The number of amides is 1. The van der Waals surface area contributed by atoms with Crippen molar-refractivity contribution in [2.75, 3.05) is 0 Å². The second kappa shape index (κ2) is 7.55. The van der Waals surface area contributed by atoms with Gasteiger partial charge in [-0.1, -0.05) is 26.7 Å². The van der Waals surface area contributed by atoms with Gasteiger partial charge in [0.1, 0.15) is 5.60 Å². The van der Waals surface area contributed by atoms with Gasteiger partial charge in [-0.2, -0.15) is 0 Å². The minimum absolute atomic E-state index is 0.0237. The van der Waals surface area contributed by atoms with Crippen LogP contribution in [0.3, 0.4) is 0 Å². The fraction of sp³-hybridized carbons (Fsp3) is 0.750. The summed E-state index contributed by atoms with van der Waals surface area (Å²) in [6.45, 7) is 18.7. The zero-order valence-electron chi connectivity index (χ0n) is 17.4. The van der Waals surface area contributed by atoms with Crippen molar-refractivity contribution in [1.29, 1.82) is 0 Å². The summed E-state index contributed by atoms with van der Waals surface area (Å²) in [7, 11) is -1.90. The highest BCUT2D eigenvalue weighted by atomic mass is 28.4. The summed E-state index contributed by atoms with van der Waals surface area (Å²) in [4.78, 5) is 12.2. The normalized spacial score (nSPS) is 22.4. The molecule has 1 rings (SSSR count). The van der Waals surface area contributed by atoms with Crippen molar-refractivity contribution >= 4 is 14.4 Å². The number of ether oxygens (including phenoxy) is 1. The van der Waals surface area contributed by atoms with E-state index >= 15 is 0 Å². The van der Waals surface area contributed by atoms with Gasteiger partial charge in [0.25, 0.3) is 0 Å². The Morgan fingerprint density at radius 2 is 1.80 bits per heavy atom. The summed E-state index contributed by atoms with van der Waals surface area (Å²) >= 11 is 0. The van der Waals surface area contributed by atoms with E-state index in [0.717, 1.165) is 24.0 Å². The molecule has 0 aromatic heterocycles. The topological polar surface area (TPSA) is 47.6 Å². The third kappa shape index (κ3) is 6.20. The molecule has 1 N–H and O–H groups in total. The average Bonchev–Trinajstić information content (AvgIpc) is 2.38. The smallest absolute Gasteiger partial charge is 0.408 e. The number of nitrogens with one attached hydrogen (secondary N) is 1. The maximum Gasteiger partial charge on any atom is 0.408 e. The largest absolute Gasteiger partial charge is 0.444 e. The first kappa shape index (κ1) is 21.8. The summed E-state index contributed by atoms with van der Waals surface area (Å²) in [5.74, 6) is 2.78. The van der Waals surface area contributed by atoms with Gasteiger partial charge in [0.05, 0.1) is 12.1 Å². The van der Waals surface area contributed by atoms with Gasteiger partial charge < -0.3 is 14.5 Å². The maximum absolute atomic E-state index is 12.2. The van der Waals surface area contributed by atoms with Crippen LogP contribution in [-0.2, 0) is 9.16 Å². The zero-order valence-corrected chi connectivity index (χ0v) is 18.4. The fourth-order valence-electron chi connectivity index (χ4n) is 2.59. The fourth-order valence-corrected chi connectivity index (χ4v) is 3.96. The van der Waals surface area contributed by atoms with Crippen molar-refractivity contribution < 1.29 is 14.0 Å². The zero-order chi connectivity index (χ0) is 19.6. The molecular formula is C20H35NO3Si. The Bertz CT molecular complexity index is 573. The highest BCUT2D eigenvalue weighted by Crippen LogP contribution is 2.39. The molecule has 0 aliphatic heterocycles. The van der Waals surface area contributed by atoms with Gasteiger partial charge in [-0.15, -0.1) is 6.42 Å². The molecule has 5 heteroatoms. The van der Waals surface area contributed by atoms with Crippen LogP contribution in [0.4, 0.5) is 4.79 Å². The van der Waals surface area contributed by atoms with Crippen LogP contribution in [0.2, 0.25) is 18.1 Å². The van der Waals surface area contributed by atoms with E-state index in [9.17, 15) is 4.79 Å². The minimum Gasteiger partial charge on any atom is -0.444 e. The van der Waals surface area contributed by atoms with E-state index in [4.69, 9.17) is 15.6 Å². The number of hydrogen-bond acceptors (Lipinski definition) is 3. The monoisotopic (exact) mass is 365 g/mol. The third-order valence-electron chi connectivity index (χ3n) is 5.06. The van der Waals surface area contributed by atoms with Crippen LogP contribution in [0.1, 0.15) is 61.3 Å². The van der Waals surface area contributed by atoms with Crippen LogP contribution < -0.4 is 5.32 Å². The average molecular weight is 366 g/mol. The lowest BCUT2D eigenvalue weighted by Crippen LogP contribution is -2.48. The Morgan fingerprint density at radius 1 is 1.24 bits per heavy atom. The Morgan fingerprint density at radius 3 is 2.24 bits per heavy atom. The number of hydrogen-bond donors (Lipinski definition) is 1. The van der Waals surface area contributed by atoms with Crippen molar-refractivity contribution in [2.24, 2.45) is 0 Å². The summed E-state index contributed by atoms with van der Waals surface area (Å²) < 4.78 is 11.9. The molecule has 0 unspecified atom stereocenters. The van der Waals surface area contributed by atoms with Crippen molar-refractivity contribution in [3.8, 4) is 12.3 Å². The summed E-state index contributed by atoms with van der Waals surface area (Å²) in [5.41, 5.74) is 1.43. The predicted molar refractivity (Wildman–Crippen MR) is 106 cm³/mol. The van der Waals surface area contributed by atoms with E-state index in [1.54, 1.807) is 0 Å². The van der Waals surface area contributed by atoms with Crippen LogP contribution in [-0.4, -0.2) is 32.2 Å². The highest BCUT2D eigenvalue weighted by molar-refractivity contribution is 6.74. The number of carbonyl (C=O) groups is 1. The minimum atomic E-state index is -1.90. The molecule has 0 heterocycles. The Labute approximate surface area is 154 Å². The lowest BCUT2D eigenvalue weighted by atomic mass is 9.87. The van der Waals surface area contributed by atoms with E-state index in [1.807, 2.05) is 27.7 Å². The molecule has 1 aliphatic rings. The standard InChI is InChI=1S/C20H35NO3Si/c1-11-15-12-16(24-25(9,10)20(6,7)8)13-17(14(15)2)21-18(22)23-19(3,4)5/h1,16-17H,12-13H2,2-10H3,(H,21,22)/t16-,17+/m1/s1. The van der Waals surface area contributed by atoms with Gasteiger partial charge in [-0.05, 0) is 57.8 Å². The summed E-state index contributed by atoms with van der Waals surface area (Å²) in [6, 6.07) is -0.149. The van der Waals surface area contributed by atoms with Crippen LogP contribution in [0, 0.1) is 12.3 Å². The van der Waals surface area contributed by atoms with E-state index in [1.165, 1.54) is 0 Å². The molecule has 0 spiro atoms. The van der Waals surface area contributed by atoms with Gasteiger partial charge >= 0.3 is 6.09 Å². The van der Waals surface area contributed by atoms with Crippen molar-refractivity contribution in [3.63, 3.8) is 0 Å². The quantitative estimate of drug-likeness (QED) is 0.565. The maximum atomic E-state index is 12.2. The second-order valence-corrected chi connectivity index (χ2v) is 14.2. The predicted octanol–water partition coefficient (Wildman–Crippen LogP) is 5.01. The summed E-state index contributed by atoms with van der Waals surface area (Å²) in [5, 5.41) is 3.10. The number of rotatable bonds is 3. The van der Waals surface area contributed by atoms with Gasteiger partial charge in [-0.25, -0.2) is 4.79 Å². The molecule has 25 heavy (non-hydrogen) atoms. The molecule has 0 saturated heterocycles. The van der Waals surface area contributed by atoms with Crippen molar-refractivity contribution in [2.45, 2.75) is 97.2 Å². The molecule has 2 atom stereocenters. The second-order valence-electron chi connectivity index (χ2n) is 9.44. The molecular weight excluding hydrogens is 330 g/mol. The number of carbonyl (C=O) groups excluding carboxylic acids is 1. The van der Waals surface area contributed by atoms with E-state index in [0.29, 0.717) is 0 Å². The first-order valence-corrected chi connectivity index (χ1v) is 11.9. The molecule has 0 bridgehead atoms. The van der Waals surface area contributed by atoms with E-state index in [2.05, 4.69) is 45.1 Å². The SMILES string of the molecule is C#CC1=C(C)[C@@H](NC(=O)OC(C)(C)C)C[C@H](O[Si](C)(C)C(C)(C)C)C1. The third-order valence-corrected chi connectivity index (χ3v) is 9.60. The van der Waals surface area contributed by atoms with Crippen LogP contribution in [0.25, 0.3) is 0 Å². The lowest BCUT2D eigenvalue weighted by Gasteiger charge is -2.42. The molecule has 142 valence electrons. The molecule has 1 aliphatic carbocycles. The van der Waals surface area contributed by atoms with E-state index in [-0.39, 0.29) is 17.2 Å². The van der Waals surface area contributed by atoms with Crippen LogP contribution in [0.5, 0.6) is 0 Å². The molecule has 0 saturated carbocycles. The lowest BCUT2D eigenvalue weighted by molar-refractivity contribution is 0.0492. The van der Waals surface area contributed by atoms with Crippen molar-refractivity contribution in [1.82, 2.24) is 5.32 Å². The van der Waals surface area contributed by atoms with Gasteiger partial charge in [0.2, 0.25) is 0 Å². The molecule has 0 aromatic rings. The molecule has 0 radical (unpaired) electrons. The Kier molecular flexibility index (Phi) is 6.58. The van der Waals surface area contributed by atoms with E-state index < -0.39 is 20.0 Å². The number of terminal acetylenes is 1. The van der Waals surface area contributed by atoms with Gasteiger partial charge in [0.15, 0.2) is 8.32 Å². The summed E-state index contributed by atoms with van der Waals surface area (Å²) in [6.07, 6.45) is 6.77. The number of alkyl carbamates (subject to hydrolysis) is 1. The van der Waals surface area contributed by atoms with Gasteiger partial charge in [0, 0.05) is 12.0 Å². The molecule has 0 fully saturated rings. The Balaban J connectivity index is 2.93. The molecule has 0 aromatic carbocycles.